The molecule has 0 radical (unpaired) electrons. The maximum atomic E-state index is 12.9. The predicted octanol–water partition coefficient (Wildman–Crippen LogP) is 3.77. The summed E-state index contributed by atoms with van der Waals surface area (Å²) in [5.41, 5.74) is 0.169. The molecule has 3 aromatic rings. The van der Waals surface area contributed by atoms with Gasteiger partial charge < -0.3 is 14.2 Å². The molecule has 29 heavy (non-hydrogen) atoms. The molecule has 3 aromatic heterocycles. The van der Waals surface area contributed by atoms with Crippen molar-refractivity contribution in [1.82, 2.24) is 19.4 Å². The number of hydrogen-bond donors (Lipinski definition) is 0. The highest BCUT2D eigenvalue weighted by atomic mass is 19.4. The fourth-order valence-corrected chi connectivity index (χ4v) is 3.38. The molecule has 1 saturated heterocycles. The fourth-order valence-electron chi connectivity index (χ4n) is 3.38. The molecular weight excluding hydrogens is 381 g/mol. The van der Waals surface area contributed by atoms with Gasteiger partial charge in [0.1, 0.15) is 17.3 Å². The number of imidazole rings is 1. The lowest BCUT2D eigenvalue weighted by molar-refractivity contribution is -0.140. The third-order valence-electron chi connectivity index (χ3n) is 5.01. The van der Waals surface area contributed by atoms with Gasteiger partial charge in [-0.05, 0) is 18.2 Å². The van der Waals surface area contributed by atoms with Gasteiger partial charge in [0.2, 0.25) is 0 Å². The van der Waals surface area contributed by atoms with Crippen LogP contribution in [0.1, 0.15) is 32.3 Å². The van der Waals surface area contributed by atoms with E-state index < -0.39 is 11.9 Å². The maximum absolute atomic E-state index is 12.9. The van der Waals surface area contributed by atoms with E-state index in [9.17, 15) is 13.2 Å². The van der Waals surface area contributed by atoms with E-state index in [1.807, 2.05) is 12.1 Å². The molecule has 0 bridgehead atoms. The Morgan fingerprint density at radius 1 is 0.862 bits per heavy atom. The quantitative estimate of drug-likeness (QED) is 0.651. The lowest BCUT2D eigenvalue weighted by atomic mass is 9.96. The number of anilines is 2. The number of hydrogen-bond acceptors (Lipinski definition) is 5. The van der Waals surface area contributed by atoms with Gasteiger partial charge in [-0.1, -0.05) is 20.8 Å². The second-order valence-electron chi connectivity index (χ2n) is 8.24. The summed E-state index contributed by atoms with van der Waals surface area (Å²) in [6, 6.07) is 5.36. The average Bonchev–Trinajstić information content (AvgIpc) is 3.11. The van der Waals surface area contributed by atoms with Crippen molar-refractivity contribution in [2.24, 2.45) is 0 Å². The average molecular weight is 404 g/mol. The molecule has 1 aliphatic heterocycles. The van der Waals surface area contributed by atoms with Gasteiger partial charge in [0.15, 0.2) is 5.69 Å². The molecule has 0 N–H and O–H groups in total. The predicted molar refractivity (Wildman–Crippen MR) is 105 cm³/mol. The fraction of sp³-hybridized carbons (Fsp3) is 0.450. The van der Waals surface area contributed by atoms with Gasteiger partial charge in [-0.3, -0.25) is 0 Å². The Labute approximate surface area is 167 Å². The van der Waals surface area contributed by atoms with Crippen molar-refractivity contribution in [2.75, 3.05) is 36.0 Å². The van der Waals surface area contributed by atoms with E-state index in [1.165, 1.54) is 4.40 Å². The Morgan fingerprint density at radius 2 is 1.55 bits per heavy atom. The largest absolute Gasteiger partial charge is 0.434 e. The van der Waals surface area contributed by atoms with Gasteiger partial charge in [-0.15, -0.1) is 0 Å². The first-order valence-electron chi connectivity index (χ1n) is 9.51. The summed E-state index contributed by atoms with van der Waals surface area (Å²) in [7, 11) is 0. The van der Waals surface area contributed by atoms with Crippen molar-refractivity contribution in [1.29, 1.82) is 0 Å². The van der Waals surface area contributed by atoms with Crippen LogP contribution in [0.5, 0.6) is 0 Å². The van der Waals surface area contributed by atoms with Crippen LogP contribution in [0, 0.1) is 0 Å². The Hall–Kier alpha value is -2.84. The zero-order chi connectivity index (χ0) is 20.8. The van der Waals surface area contributed by atoms with Crippen LogP contribution in [-0.4, -0.2) is 45.5 Å². The van der Waals surface area contributed by atoms with Gasteiger partial charge >= 0.3 is 6.18 Å². The van der Waals surface area contributed by atoms with Crippen LogP contribution < -0.4 is 9.80 Å². The number of nitrogens with zero attached hydrogens (tertiary/aromatic N) is 6. The number of fused-ring (bicyclic) bond motifs is 1. The number of pyridine rings is 1. The van der Waals surface area contributed by atoms with Crippen molar-refractivity contribution in [3.63, 3.8) is 0 Å². The molecule has 0 unspecified atom stereocenters. The molecule has 1 fully saturated rings. The highest BCUT2D eigenvalue weighted by Crippen LogP contribution is 2.29. The van der Waals surface area contributed by atoms with Crippen LogP contribution in [0.15, 0.2) is 36.8 Å². The standard InChI is InChI=1S/C20H23F3N6/c1-19(2,3)18-24-7-6-17(26-18)28-10-8-27(9-11-28)14-4-5-16-25-15(20(21,22)23)13-29(16)12-14/h4-7,12-13H,8-11H2,1-3H3. The van der Waals surface area contributed by atoms with Gasteiger partial charge in [0.25, 0.3) is 0 Å². The van der Waals surface area contributed by atoms with Crippen LogP contribution in [0.2, 0.25) is 0 Å². The van der Waals surface area contributed by atoms with E-state index in [1.54, 1.807) is 18.5 Å². The van der Waals surface area contributed by atoms with Gasteiger partial charge in [0, 0.05) is 50.2 Å². The summed E-state index contributed by atoms with van der Waals surface area (Å²) in [4.78, 5) is 17.1. The summed E-state index contributed by atoms with van der Waals surface area (Å²) >= 11 is 0. The second-order valence-corrected chi connectivity index (χ2v) is 8.24. The summed E-state index contributed by atoms with van der Waals surface area (Å²) in [5, 5.41) is 0. The lowest BCUT2D eigenvalue weighted by Gasteiger charge is -2.37. The Kier molecular flexibility index (Phi) is 4.63. The molecule has 4 rings (SSSR count). The van der Waals surface area contributed by atoms with Gasteiger partial charge in [-0.2, -0.15) is 13.2 Å². The van der Waals surface area contributed by atoms with Crippen molar-refractivity contribution >= 4 is 17.2 Å². The van der Waals surface area contributed by atoms with E-state index in [0.29, 0.717) is 0 Å². The third-order valence-corrected chi connectivity index (χ3v) is 5.01. The van der Waals surface area contributed by atoms with Crippen LogP contribution in [0.3, 0.4) is 0 Å². The van der Waals surface area contributed by atoms with Crippen LogP contribution in [0.4, 0.5) is 24.7 Å². The zero-order valence-electron chi connectivity index (χ0n) is 16.6. The molecular formula is C20H23F3N6. The summed E-state index contributed by atoms with van der Waals surface area (Å²) in [6.45, 7) is 9.30. The molecule has 1 aliphatic rings. The molecule has 9 heteroatoms. The molecule has 0 amide bonds. The zero-order valence-corrected chi connectivity index (χ0v) is 16.6. The van der Waals surface area contributed by atoms with Crippen molar-refractivity contribution in [3.8, 4) is 0 Å². The molecule has 0 aliphatic carbocycles. The molecule has 0 aromatic carbocycles. The minimum absolute atomic E-state index is 0.118. The number of rotatable bonds is 2. The van der Waals surface area contributed by atoms with Crippen LogP contribution in [0.25, 0.3) is 5.65 Å². The second kappa shape index (κ2) is 6.89. The van der Waals surface area contributed by atoms with Crippen molar-refractivity contribution in [3.05, 3.63) is 48.3 Å². The molecule has 0 spiro atoms. The monoisotopic (exact) mass is 404 g/mol. The molecule has 4 heterocycles. The van der Waals surface area contributed by atoms with Crippen molar-refractivity contribution < 1.29 is 13.2 Å². The highest BCUT2D eigenvalue weighted by Gasteiger charge is 2.34. The highest BCUT2D eigenvalue weighted by molar-refractivity contribution is 5.54. The summed E-state index contributed by atoms with van der Waals surface area (Å²) in [5.74, 6) is 1.72. The van der Waals surface area contributed by atoms with Gasteiger partial charge in [-0.25, -0.2) is 15.0 Å². The molecule has 0 saturated carbocycles. The minimum Gasteiger partial charge on any atom is -0.367 e. The molecule has 6 nitrogen and oxygen atoms in total. The lowest BCUT2D eigenvalue weighted by Crippen LogP contribution is -2.47. The van der Waals surface area contributed by atoms with E-state index in [-0.39, 0.29) is 11.1 Å². The Balaban J connectivity index is 1.48. The summed E-state index contributed by atoms with van der Waals surface area (Å²) in [6.07, 6.45) is 0.0847. The van der Waals surface area contributed by atoms with Crippen LogP contribution in [-0.2, 0) is 11.6 Å². The normalized spacial score (nSPS) is 15.9. The number of aromatic nitrogens is 4. The smallest absolute Gasteiger partial charge is 0.367 e. The summed E-state index contributed by atoms with van der Waals surface area (Å²) < 4.78 is 40.1. The Bertz CT molecular complexity index is 1010. The number of alkyl halides is 3. The van der Waals surface area contributed by atoms with Crippen molar-refractivity contribution in [2.45, 2.75) is 32.4 Å². The Morgan fingerprint density at radius 3 is 2.21 bits per heavy atom. The maximum Gasteiger partial charge on any atom is 0.434 e. The molecule has 154 valence electrons. The molecule has 0 atom stereocenters. The number of halogens is 3. The third kappa shape index (κ3) is 3.99. The van der Waals surface area contributed by atoms with E-state index in [4.69, 9.17) is 4.98 Å². The first kappa shape index (κ1) is 19.5. The first-order valence-corrected chi connectivity index (χ1v) is 9.51. The first-order chi connectivity index (χ1) is 13.6. The number of piperazine rings is 1. The topological polar surface area (TPSA) is 49.6 Å². The van der Waals surface area contributed by atoms with Crippen LogP contribution >= 0.6 is 0 Å². The van der Waals surface area contributed by atoms with E-state index in [2.05, 4.69) is 40.5 Å². The van der Waals surface area contributed by atoms with E-state index in [0.717, 1.165) is 49.7 Å². The SMILES string of the molecule is CC(C)(C)c1nccc(N2CCN(c3ccc4nc(C(F)(F)F)cn4c3)CC2)n1. The van der Waals surface area contributed by atoms with Gasteiger partial charge in [0.05, 0.1) is 5.69 Å². The van der Waals surface area contributed by atoms with E-state index >= 15 is 0 Å². The minimum atomic E-state index is -4.44.